The van der Waals surface area contributed by atoms with E-state index in [9.17, 15) is 9.18 Å². The van der Waals surface area contributed by atoms with Crippen molar-refractivity contribution in [2.75, 3.05) is 0 Å². The molecule has 6 nitrogen and oxygen atoms in total. The molecule has 2 aromatic heterocycles. The summed E-state index contributed by atoms with van der Waals surface area (Å²) >= 11 is 0. The van der Waals surface area contributed by atoms with Crippen LogP contribution in [0.5, 0.6) is 0 Å². The van der Waals surface area contributed by atoms with E-state index in [2.05, 4.69) is 15.2 Å². The van der Waals surface area contributed by atoms with Crippen molar-refractivity contribution >= 4 is 11.9 Å². The Bertz CT molecular complexity index is 1190. The van der Waals surface area contributed by atoms with E-state index >= 15 is 0 Å². The largest absolute Gasteiger partial charge is 0.289 e. The Morgan fingerprint density at radius 1 is 1.10 bits per heavy atom. The third-order valence-corrected chi connectivity index (χ3v) is 4.60. The molecule has 0 aliphatic heterocycles. The zero-order valence-electron chi connectivity index (χ0n) is 16.0. The average Bonchev–Trinajstić information content (AvgIpc) is 3.35. The maximum absolute atomic E-state index is 14.4. The molecule has 144 valence electrons. The first-order valence-electron chi connectivity index (χ1n) is 9.03. The lowest BCUT2D eigenvalue weighted by molar-refractivity contribution is 0.104. The number of allylic oxidation sites excluding steroid dienone is 1. The minimum absolute atomic E-state index is 0.178. The van der Waals surface area contributed by atoms with Crippen LogP contribution < -0.4 is 0 Å². The Balaban J connectivity index is 1.59. The number of rotatable bonds is 5. The maximum atomic E-state index is 14.4. The smallest absolute Gasteiger partial charge is 0.189 e. The molecule has 0 aliphatic rings. The molecule has 0 spiro atoms. The molecule has 0 saturated heterocycles. The molecule has 0 radical (unpaired) electrons. The summed E-state index contributed by atoms with van der Waals surface area (Å²) in [6.07, 6.45) is 5.80. The molecule has 2 aromatic carbocycles. The molecule has 0 amide bonds. The van der Waals surface area contributed by atoms with Gasteiger partial charge in [-0.2, -0.15) is 10.2 Å². The van der Waals surface area contributed by atoms with E-state index in [0.29, 0.717) is 22.5 Å². The zero-order valence-corrected chi connectivity index (χ0v) is 16.0. The Morgan fingerprint density at radius 3 is 2.59 bits per heavy atom. The van der Waals surface area contributed by atoms with Gasteiger partial charge in [0.15, 0.2) is 5.78 Å². The van der Waals surface area contributed by atoms with Gasteiger partial charge in [0.05, 0.1) is 22.6 Å². The summed E-state index contributed by atoms with van der Waals surface area (Å²) in [4.78, 5) is 16.6. The van der Waals surface area contributed by atoms with Crippen LogP contribution in [0.3, 0.4) is 0 Å². The third kappa shape index (κ3) is 3.62. The number of hydrogen-bond acceptors (Lipinski definition) is 4. The van der Waals surface area contributed by atoms with E-state index in [4.69, 9.17) is 0 Å². The second-order valence-electron chi connectivity index (χ2n) is 6.54. The van der Waals surface area contributed by atoms with Crippen LogP contribution in [0, 0.1) is 19.7 Å². The van der Waals surface area contributed by atoms with Crippen molar-refractivity contribution in [2.24, 2.45) is 0 Å². The SMILES string of the molecule is Cc1nn(-c2ccccc2)c(C)c1C(=O)/C=C/c1ccc(-n2cncn2)c(F)c1. The third-order valence-electron chi connectivity index (χ3n) is 4.60. The standard InChI is InChI=1S/C22H18FN5O/c1-15-22(16(2)28(26-15)18-6-4-3-5-7-18)21(29)11-9-17-8-10-20(19(23)12-17)27-14-24-13-25-27/h3-14H,1-2H3/b11-9+. The summed E-state index contributed by atoms with van der Waals surface area (Å²) in [7, 11) is 0. The zero-order chi connectivity index (χ0) is 20.4. The number of ketones is 1. The van der Waals surface area contributed by atoms with E-state index in [0.717, 1.165) is 11.4 Å². The van der Waals surface area contributed by atoms with Gasteiger partial charge in [0.2, 0.25) is 0 Å². The molecule has 0 atom stereocenters. The van der Waals surface area contributed by atoms with Crippen LogP contribution >= 0.6 is 0 Å². The van der Waals surface area contributed by atoms with Crippen molar-refractivity contribution in [3.63, 3.8) is 0 Å². The first kappa shape index (κ1) is 18.5. The fourth-order valence-corrected chi connectivity index (χ4v) is 3.22. The van der Waals surface area contributed by atoms with Crippen LogP contribution in [0.4, 0.5) is 4.39 Å². The molecule has 0 fully saturated rings. The van der Waals surface area contributed by atoms with Gasteiger partial charge in [0, 0.05) is 0 Å². The summed E-state index contributed by atoms with van der Waals surface area (Å²) in [5, 5.41) is 8.42. The van der Waals surface area contributed by atoms with Crippen LogP contribution in [0.2, 0.25) is 0 Å². The van der Waals surface area contributed by atoms with Gasteiger partial charge in [0.1, 0.15) is 24.2 Å². The number of carbonyl (C=O) groups is 1. The van der Waals surface area contributed by atoms with Gasteiger partial charge in [-0.3, -0.25) is 4.79 Å². The molecule has 7 heteroatoms. The lowest BCUT2D eigenvalue weighted by Gasteiger charge is -2.04. The number of hydrogen-bond donors (Lipinski definition) is 0. The maximum Gasteiger partial charge on any atom is 0.189 e. The van der Waals surface area contributed by atoms with Gasteiger partial charge in [-0.25, -0.2) is 18.7 Å². The van der Waals surface area contributed by atoms with E-state index in [1.165, 1.54) is 29.5 Å². The van der Waals surface area contributed by atoms with Gasteiger partial charge in [-0.15, -0.1) is 0 Å². The topological polar surface area (TPSA) is 65.6 Å². The van der Waals surface area contributed by atoms with Gasteiger partial charge >= 0.3 is 0 Å². The van der Waals surface area contributed by atoms with E-state index in [1.54, 1.807) is 29.8 Å². The van der Waals surface area contributed by atoms with Crippen molar-refractivity contribution in [3.05, 3.63) is 95.6 Å². The molecule has 0 N–H and O–H groups in total. The van der Waals surface area contributed by atoms with Crippen molar-refractivity contribution in [2.45, 2.75) is 13.8 Å². The highest BCUT2D eigenvalue weighted by Gasteiger charge is 2.17. The second kappa shape index (κ2) is 7.63. The normalized spacial score (nSPS) is 11.3. The molecule has 2 heterocycles. The fourth-order valence-electron chi connectivity index (χ4n) is 3.22. The van der Waals surface area contributed by atoms with Gasteiger partial charge in [-0.05, 0) is 49.8 Å². The molecule has 4 rings (SSSR count). The number of aromatic nitrogens is 5. The predicted octanol–water partition coefficient (Wildman–Crippen LogP) is 4.11. The Morgan fingerprint density at radius 2 is 1.90 bits per heavy atom. The monoisotopic (exact) mass is 387 g/mol. The molecule has 4 aromatic rings. The number of para-hydroxylation sites is 1. The highest BCUT2D eigenvalue weighted by atomic mass is 19.1. The number of halogens is 1. The average molecular weight is 387 g/mol. The van der Waals surface area contributed by atoms with Crippen molar-refractivity contribution in [1.29, 1.82) is 0 Å². The Labute approximate surface area is 166 Å². The van der Waals surface area contributed by atoms with Crippen LogP contribution in [0.15, 0.2) is 67.3 Å². The van der Waals surface area contributed by atoms with Crippen molar-refractivity contribution in [1.82, 2.24) is 24.5 Å². The van der Waals surface area contributed by atoms with Gasteiger partial charge < -0.3 is 0 Å². The minimum atomic E-state index is -0.450. The second-order valence-corrected chi connectivity index (χ2v) is 6.54. The molecule has 0 saturated carbocycles. The molecular formula is C22H18FN5O. The highest BCUT2D eigenvalue weighted by Crippen LogP contribution is 2.20. The quantitative estimate of drug-likeness (QED) is 0.382. The van der Waals surface area contributed by atoms with Crippen molar-refractivity contribution in [3.8, 4) is 11.4 Å². The van der Waals surface area contributed by atoms with E-state index < -0.39 is 5.82 Å². The lowest BCUT2D eigenvalue weighted by atomic mass is 10.1. The van der Waals surface area contributed by atoms with Crippen LogP contribution in [-0.4, -0.2) is 30.3 Å². The number of benzene rings is 2. The summed E-state index contributed by atoms with van der Waals surface area (Å²) in [5.74, 6) is -0.628. The molecule has 0 aliphatic carbocycles. The molecule has 0 bridgehead atoms. The lowest BCUT2D eigenvalue weighted by Crippen LogP contribution is -2.01. The Kier molecular flexibility index (Phi) is 4.87. The number of aryl methyl sites for hydroxylation is 1. The summed E-state index contributed by atoms with van der Waals surface area (Å²) in [6, 6.07) is 14.3. The molecular weight excluding hydrogens is 369 g/mol. The first-order valence-corrected chi connectivity index (χ1v) is 9.03. The highest BCUT2D eigenvalue weighted by molar-refractivity contribution is 6.08. The minimum Gasteiger partial charge on any atom is -0.289 e. The summed E-state index contributed by atoms with van der Waals surface area (Å²) in [5.41, 5.74) is 3.71. The summed E-state index contributed by atoms with van der Waals surface area (Å²) in [6.45, 7) is 3.67. The Hall–Kier alpha value is -3.87. The number of nitrogens with zero attached hydrogens (tertiary/aromatic N) is 5. The van der Waals surface area contributed by atoms with E-state index in [1.807, 2.05) is 37.3 Å². The molecule has 29 heavy (non-hydrogen) atoms. The van der Waals surface area contributed by atoms with Crippen LogP contribution in [-0.2, 0) is 0 Å². The van der Waals surface area contributed by atoms with Crippen LogP contribution in [0.1, 0.15) is 27.3 Å². The van der Waals surface area contributed by atoms with E-state index in [-0.39, 0.29) is 5.78 Å². The predicted molar refractivity (Wildman–Crippen MR) is 108 cm³/mol. The number of carbonyl (C=O) groups excluding carboxylic acids is 1. The van der Waals surface area contributed by atoms with Gasteiger partial charge in [0.25, 0.3) is 0 Å². The fraction of sp³-hybridized carbons (Fsp3) is 0.0909. The molecule has 0 unspecified atom stereocenters. The first-order chi connectivity index (χ1) is 14.0. The van der Waals surface area contributed by atoms with Crippen molar-refractivity contribution < 1.29 is 9.18 Å². The van der Waals surface area contributed by atoms with Crippen LogP contribution in [0.25, 0.3) is 17.5 Å². The van der Waals surface area contributed by atoms with Gasteiger partial charge in [-0.1, -0.05) is 30.3 Å². The summed E-state index contributed by atoms with van der Waals surface area (Å²) < 4.78 is 17.5.